The molecule has 0 radical (unpaired) electrons. The highest BCUT2D eigenvalue weighted by Gasteiger charge is 2.20. The highest BCUT2D eigenvalue weighted by Crippen LogP contribution is 2.26. The lowest BCUT2D eigenvalue weighted by atomic mass is 10.2. The van der Waals surface area contributed by atoms with Crippen molar-refractivity contribution in [1.82, 2.24) is 19.7 Å². The van der Waals surface area contributed by atoms with Crippen molar-refractivity contribution in [3.8, 4) is 5.69 Å². The molecule has 1 fully saturated rings. The summed E-state index contributed by atoms with van der Waals surface area (Å²) in [5.41, 5.74) is 2.42. The fraction of sp³-hybridized carbons (Fsp3) is 0.467. The maximum atomic E-state index is 4.28. The molecular formula is C15H20N4S. The van der Waals surface area contributed by atoms with Crippen LogP contribution in [0.3, 0.4) is 0 Å². The number of hydrogen-bond donors (Lipinski definition) is 0. The van der Waals surface area contributed by atoms with E-state index >= 15 is 0 Å². The Balaban J connectivity index is 1.72. The van der Waals surface area contributed by atoms with Gasteiger partial charge in [0.05, 0.1) is 5.69 Å². The molecule has 0 spiro atoms. The molecule has 1 aromatic carbocycles. The van der Waals surface area contributed by atoms with E-state index in [9.17, 15) is 0 Å². The summed E-state index contributed by atoms with van der Waals surface area (Å²) in [4.78, 5) is 2.40. The molecule has 1 saturated heterocycles. The first-order valence-corrected chi connectivity index (χ1v) is 8.00. The number of hydrogen-bond acceptors (Lipinski definition) is 4. The second-order valence-electron chi connectivity index (χ2n) is 5.50. The van der Waals surface area contributed by atoms with Crippen LogP contribution in [-0.4, -0.2) is 45.6 Å². The van der Waals surface area contributed by atoms with Crippen LogP contribution in [0.2, 0.25) is 0 Å². The molecule has 2 aromatic rings. The highest BCUT2D eigenvalue weighted by atomic mass is 32.2. The number of rotatable bonds is 4. The first kappa shape index (κ1) is 13.6. The van der Waals surface area contributed by atoms with Gasteiger partial charge in [-0.15, -0.1) is 10.2 Å². The Morgan fingerprint density at radius 2 is 2.20 bits per heavy atom. The minimum absolute atomic E-state index is 0.770. The molecule has 3 rings (SSSR count). The quantitative estimate of drug-likeness (QED) is 0.810. The molecule has 20 heavy (non-hydrogen) atoms. The SMILES string of the molecule is Cc1ccccc1-n1cnnc1SCC1CCN(C)C1. The molecule has 1 unspecified atom stereocenters. The van der Waals surface area contributed by atoms with E-state index in [4.69, 9.17) is 0 Å². The normalized spacial score (nSPS) is 19.6. The Hall–Kier alpha value is -1.33. The van der Waals surface area contributed by atoms with Crippen LogP contribution in [0.1, 0.15) is 12.0 Å². The number of benzene rings is 1. The van der Waals surface area contributed by atoms with Crippen molar-refractivity contribution in [3.63, 3.8) is 0 Å². The van der Waals surface area contributed by atoms with Crippen molar-refractivity contribution < 1.29 is 0 Å². The minimum Gasteiger partial charge on any atom is -0.306 e. The van der Waals surface area contributed by atoms with Crippen molar-refractivity contribution in [2.75, 3.05) is 25.9 Å². The lowest BCUT2D eigenvalue weighted by Gasteiger charge is -2.11. The maximum absolute atomic E-state index is 4.28. The summed E-state index contributed by atoms with van der Waals surface area (Å²) in [6.45, 7) is 4.54. The van der Waals surface area contributed by atoms with Gasteiger partial charge in [-0.1, -0.05) is 30.0 Å². The van der Waals surface area contributed by atoms with E-state index in [-0.39, 0.29) is 0 Å². The van der Waals surface area contributed by atoms with E-state index in [1.54, 1.807) is 0 Å². The molecule has 1 aliphatic heterocycles. The molecule has 0 amide bonds. The number of nitrogens with zero attached hydrogens (tertiary/aromatic N) is 4. The Labute approximate surface area is 124 Å². The molecule has 5 heteroatoms. The van der Waals surface area contributed by atoms with E-state index in [1.807, 2.05) is 18.1 Å². The highest BCUT2D eigenvalue weighted by molar-refractivity contribution is 7.99. The van der Waals surface area contributed by atoms with E-state index in [0.717, 1.165) is 16.8 Å². The fourth-order valence-corrected chi connectivity index (χ4v) is 3.72. The van der Waals surface area contributed by atoms with Crippen molar-refractivity contribution in [1.29, 1.82) is 0 Å². The third-order valence-electron chi connectivity index (χ3n) is 3.83. The summed E-state index contributed by atoms with van der Waals surface area (Å²) < 4.78 is 2.10. The number of thioether (sulfide) groups is 1. The number of aromatic nitrogens is 3. The fourth-order valence-electron chi connectivity index (χ4n) is 2.68. The second-order valence-corrected chi connectivity index (χ2v) is 6.49. The molecule has 0 bridgehead atoms. The zero-order chi connectivity index (χ0) is 13.9. The average Bonchev–Trinajstić information content (AvgIpc) is 3.06. The largest absolute Gasteiger partial charge is 0.306 e. The molecule has 1 aromatic heterocycles. The van der Waals surface area contributed by atoms with Crippen molar-refractivity contribution in [3.05, 3.63) is 36.2 Å². The van der Waals surface area contributed by atoms with Gasteiger partial charge in [-0.3, -0.25) is 4.57 Å². The minimum atomic E-state index is 0.770. The summed E-state index contributed by atoms with van der Waals surface area (Å²) in [7, 11) is 2.19. The summed E-state index contributed by atoms with van der Waals surface area (Å²) in [5.74, 6) is 1.89. The molecule has 1 atom stereocenters. The summed E-state index contributed by atoms with van der Waals surface area (Å²) in [5, 5.41) is 9.35. The van der Waals surface area contributed by atoms with Crippen molar-refractivity contribution in [2.45, 2.75) is 18.5 Å². The van der Waals surface area contributed by atoms with Gasteiger partial charge >= 0.3 is 0 Å². The Kier molecular flexibility index (Phi) is 4.08. The molecular weight excluding hydrogens is 268 g/mol. The average molecular weight is 288 g/mol. The van der Waals surface area contributed by atoms with Crippen LogP contribution in [0.5, 0.6) is 0 Å². The maximum Gasteiger partial charge on any atom is 0.195 e. The number of aryl methyl sites for hydroxylation is 1. The first-order valence-electron chi connectivity index (χ1n) is 7.01. The third-order valence-corrected chi connectivity index (χ3v) is 5.00. The smallest absolute Gasteiger partial charge is 0.195 e. The standard InChI is InChI=1S/C15H20N4S/c1-12-5-3-4-6-14(12)19-11-16-17-15(19)20-10-13-7-8-18(2)9-13/h3-6,11,13H,7-10H2,1-2H3. The van der Waals surface area contributed by atoms with Gasteiger partial charge in [0, 0.05) is 12.3 Å². The zero-order valence-corrected chi connectivity index (χ0v) is 12.8. The van der Waals surface area contributed by atoms with Crippen LogP contribution in [0, 0.1) is 12.8 Å². The monoisotopic (exact) mass is 288 g/mol. The molecule has 4 nitrogen and oxygen atoms in total. The summed E-state index contributed by atoms with van der Waals surface area (Å²) in [6.07, 6.45) is 3.10. The van der Waals surface area contributed by atoms with Gasteiger partial charge in [0.1, 0.15) is 6.33 Å². The Morgan fingerprint density at radius 1 is 1.35 bits per heavy atom. The van der Waals surface area contributed by atoms with Crippen LogP contribution in [0.4, 0.5) is 0 Å². The molecule has 106 valence electrons. The van der Waals surface area contributed by atoms with Gasteiger partial charge in [-0.05, 0) is 44.5 Å². The van der Waals surface area contributed by atoms with Gasteiger partial charge in [0.2, 0.25) is 0 Å². The van der Waals surface area contributed by atoms with Gasteiger partial charge in [-0.25, -0.2) is 0 Å². The van der Waals surface area contributed by atoms with Crippen molar-refractivity contribution in [2.24, 2.45) is 5.92 Å². The lowest BCUT2D eigenvalue weighted by molar-refractivity contribution is 0.403. The first-order chi connectivity index (χ1) is 9.74. The van der Waals surface area contributed by atoms with Gasteiger partial charge < -0.3 is 4.90 Å². The summed E-state index contributed by atoms with van der Waals surface area (Å²) >= 11 is 1.82. The van der Waals surface area contributed by atoms with E-state index in [2.05, 4.69) is 57.9 Å². The molecule has 0 N–H and O–H groups in total. The lowest BCUT2D eigenvalue weighted by Crippen LogP contribution is -2.15. The van der Waals surface area contributed by atoms with Gasteiger partial charge in [0.15, 0.2) is 5.16 Å². The van der Waals surface area contributed by atoms with Gasteiger partial charge in [0.25, 0.3) is 0 Å². The molecule has 1 aliphatic rings. The Morgan fingerprint density at radius 3 is 2.95 bits per heavy atom. The third kappa shape index (κ3) is 2.88. The summed E-state index contributed by atoms with van der Waals surface area (Å²) in [6, 6.07) is 8.36. The van der Waals surface area contributed by atoms with E-state index in [0.29, 0.717) is 0 Å². The van der Waals surface area contributed by atoms with E-state index in [1.165, 1.54) is 30.8 Å². The topological polar surface area (TPSA) is 34.0 Å². The van der Waals surface area contributed by atoms with E-state index < -0.39 is 0 Å². The Bertz CT molecular complexity index is 581. The number of para-hydroxylation sites is 1. The van der Waals surface area contributed by atoms with Crippen LogP contribution < -0.4 is 0 Å². The van der Waals surface area contributed by atoms with Crippen LogP contribution >= 0.6 is 11.8 Å². The van der Waals surface area contributed by atoms with Crippen LogP contribution in [0.25, 0.3) is 5.69 Å². The zero-order valence-electron chi connectivity index (χ0n) is 12.0. The number of likely N-dealkylation sites (tertiary alicyclic amines) is 1. The molecule has 0 aliphatic carbocycles. The van der Waals surface area contributed by atoms with Crippen LogP contribution in [-0.2, 0) is 0 Å². The van der Waals surface area contributed by atoms with Crippen LogP contribution in [0.15, 0.2) is 35.7 Å². The van der Waals surface area contributed by atoms with Crippen molar-refractivity contribution >= 4 is 11.8 Å². The van der Waals surface area contributed by atoms with Gasteiger partial charge in [-0.2, -0.15) is 0 Å². The molecule has 0 saturated carbocycles. The molecule has 2 heterocycles. The predicted octanol–water partition coefficient (Wildman–Crippen LogP) is 2.62. The predicted molar refractivity (Wildman–Crippen MR) is 82.4 cm³/mol. The second kappa shape index (κ2) is 5.97.